The Kier molecular flexibility index (Phi) is 8.43. The van der Waals surface area contributed by atoms with Gasteiger partial charge in [0.05, 0.1) is 6.61 Å². The van der Waals surface area contributed by atoms with E-state index in [-0.39, 0.29) is 23.5 Å². The monoisotopic (exact) mass is 455 g/mol. The maximum Gasteiger partial charge on any atom is 0.349 e. The highest BCUT2D eigenvalue weighted by atomic mass is 16.6. The van der Waals surface area contributed by atoms with Crippen molar-refractivity contribution in [2.75, 3.05) is 33.5 Å². The van der Waals surface area contributed by atoms with Gasteiger partial charge in [0.25, 0.3) is 5.91 Å². The first-order valence-electron chi connectivity index (χ1n) is 10.4. The predicted octanol–water partition coefficient (Wildman–Crippen LogP) is 2.94. The van der Waals surface area contributed by atoms with E-state index in [4.69, 9.17) is 23.4 Å². The highest BCUT2D eigenvalue weighted by Crippen LogP contribution is 2.26. The van der Waals surface area contributed by atoms with E-state index in [1.807, 2.05) is 6.92 Å². The molecule has 0 radical (unpaired) electrons. The zero-order valence-electron chi connectivity index (χ0n) is 18.4. The molecule has 0 aliphatic rings. The van der Waals surface area contributed by atoms with Crippen LogP contribution in [0.3, 0.4) is 0 Å². The van der Waals surface area contributed by atoms with Crippen molar-refractivity contribution >= 4 is 22.8 Å². The summed E-state index contributed by atoms with van der Waals surface area (Å²) in [5.41, 5.74) is -0.707. The molecule has 0 fully saturated rings. The molecule has 0 unspecified atom stereocenters. The predicted molar refractivity (Wildman–Crippen MR) is 120 cm³/mol. The van der Waals surface area contributed by atoms with Gasteiger partial charge in [-0.15, -0.1) is 0 Å². The number of amides is 1. The number of nitrogens with one attached hydrogen (secondary N) is 1. The van der Waals surface area contributed by atoms with E-state index in [1.165, 1.54) is 18.2 Å². The zero-order valence-corrected chi connectivity index (χ0v) is 18.4. The third kappa shape index (κ3) is 6.56. The average Bonchev–Trinajstić information content (AvgIpc) is 2.81. The normalized spacial score (nSPS) is 10.6. The molecule has 1 aromatic heterocycles. The number of fused-ring (bicyclic) bond motifs is 1. The van der Waals surface area contributed by atoms with Gasteiger partial charge in [0.1, 0.15) is 16.9 Å². The standard InChI is InChI=1S/C24H25NO8/c1-3-30-19-7-4-5-8-20(19)31-15-22(26)32-17-10-9-16-13-18(24(28)33-21(16)14-17)23(27)25-11-6-12-29-2/h4-5,7-10,13-14H,3,6,11-12,15H2,1-2H3,(H,25,27). The van der Waals surface area contributed by atoms with Crippen LogP contribution < -0.4 is 25.2 Å². The molecule has 9 heteroatoms. The third-order valence-electron chi connectivity index (χ3n) is 4.49. The van der Waals surface area contributed by atoms with Gasteiger partial charge in [-0.2, -0.15) is 0 Å². The SMILES string of the molecule is CCOc1ccccc1OCC(=O)Oc1ccc2cc(C(=O)NCCCOC)c(=O)oc2c1. The molecule has 174 valence electrons. The van der Waals surface area contributed by atoms with Crippen molar-refractivity contribution in [1.82, 2.24) is 5.32 Å². The molecule has 0 atom stereocenters. The van der Waals surface area contributed by atoms with Gasteiger partial charge in [-0.1, -0.05) is 12.1 Å². The van der Waals surface area contributed by atoms with Crippen molar-refractivity contribution in [3.8, 4) is 17.2 Å². The molecule has 0 aliphatic carbocycles. The van der Waals surface area contributed by atoms with Gasteiger partial charge in [0.15, 0.2) is 18.1 Å². The summed E-state index contributed by atoms with van der Waals surface area (Å²) >= 11 is 0. The number of methoxy groups -OCH3 is 1. The topological polar surface area (TPSA) is 113 Å². The zero-order chi connectivity index (χ0) is 23.6. The smallest absolute Gasteiger partial charge is 0.349 e. The Morgan fingerprint density at radius 1 is 1.03 bits per heavy atom. The van der Waals surface area contributed by atoms with Crippen molar-refractivity contribution in [2.45, 2.75) is 13.3 Å². The van der Waals surface area contributed by atoms with Gasteiger partial charge in [-0.25, -0.2) is 9.59 Å². The Bertz CT molecular complexity index is 1170. The number of esters is 1. The van der Waals surface area contributed by atoms with Gasteiger partial charge < -0.3 is 28.7 Å². The maximum atomic E-state index is 12.2. The minimum Gasteiger partial charge on any atom is -0.490 e. The largest absolute Gasteiger partial charge is 0.490 e. The fraction of sp³-hybridized carbons (Fsp3) is 0.292. The summed E-state index contributed by atoms with van der Waals surface area (Å²) in [5, 5.41) is 3.16. The van der Waals surface area contributed by atoms with Crippen molar-refractivity contribution in [1.29, 1.82) is 0 Å². The lowest BCUT2D eigenvalue weighted by Gasteiger charge is -2.11. The van der Waals surface area contributed by atoms with Gasteiger partial charge in [0.2, 0.25) is 0 Å². The molecule has 0 aliphatic heterocycles. The molecule has 0 bridgehead atoms. The van der Waals surface area contributed by atoms with E-state index >= 15 is 0 Å². The fourth-order valence-corrected chi connectivity index (χ4v) is 2.97. The third-order valence-corrected chi connectivity index (χ3v) is 4.49. The lowest BCUT2D eigenvalue weighted by atomic mass is 10.1. The number of para-hydroxylation sites is 2. The van der Waals surface area contributed by atoms with Crippen LogP contribution in [0, 0.1) is 0 Å². The van der Waals surface area contributed by atoms with E-state index in [2.05, 4.69) is 5.32 Å². The van der Waals surface area contributed by atoms with Gasteiger partial charge in [-0.3, -0.25) is 4.79 Å². The van der Waals surface area contributed by atoms with Gasteiger partial charge in [-0.05, 0) is 43.7 Å². The quantitative estimate of drug-likeness (QED) is 0.203. The fourth-order valence-electron chi connectivity index (χ4n) is 2.97. The maximum absolute atomic E-state index is 12.2. The van der Waals surface area contributed by atoms with Crippen LogP contribution in [0.2, 0.25) is 0 Å². The Balaban J connectivity index is 1.64. The number of rotatable bonds is 11. The second-order valence-electron chi connectivity index (χ2n) is 6.89. The molecule has 0 saturated heterocycles. The lowest BCUT2D eigenvalue weighted by Crippen LogP contribution is -2.29. The molecule has 1 N–H and O–H groups in total. The summed E-state index contributed by atoms with van der Waals surface area (Å²) in [4.78, 5) is 36.7. The van der Waals surface area contributed by atoms with Gasteiger partial charge >= 0.3 is 11.6 Å². The number of hydrogen-bond acceptors (Lipinski definition) is 8. The van der Waals surface area contributed by atoms with Crippen LogP contribution in [0.25, 0.3) is 11.0 Å². The number of hydrogen-bond donors (Lipinski definition) is 1. The molecule has 1 heterocycles. The minimum atomic E-state index is -0.786. The van der Waals surface area contributed by atoms with Gasteiger partial charge in [0, 0.05) is 31.7 Å². The molecule has 9 nitrogen and oxygen atoms in total. The summed E-state index contributed by atoms with van der Waals surface area (Å²) in [6, 6.07) is 13.0. The molecular formula is C24H25NO8. The second kappa shape index (κ2) is 11.7. The highest BCUT2D eigenvalue weighted by Gasteiger charge is 2.15. The summed E-state index contributed by atoms with van der Waals surface area (Å²) < 4.78 is 26.4. The molecule has 2 aromatic carbocycles. The number of ether oxygens (including phenoxy) is 4. The molecular weight excluding hydrogens is 430 g/mol. The van der Waals surface area contributed by atoms with Crippen LogP contribution in [-0.4, -0.2) is 45.4 Å². The van der Waals surface area contributed by atoms with Crippen LogP contribution in [0.4, 0.5) is 0 Å². The van der Waals surface area contributed by atoms with E-state index in [0.717, 1.165) is 0 Å². The Hall–Kier alpha value is -3.85. The van der Waals surface area contributed by atoms with Crippen LogP contribution in [0.1, 0.15) is 23.7 Å². The molecule has 1 amide bonds. The Morgan fingerprint density at radius 3 is 2.52 bits per heavy atom. The first kappa shape index (κ1) is 23.8. The average molecular weight is 455 g/mol. The molecule has 3 rings (SSSR count). The number of benzene rings is 2. The summed E-state index contributed by atoms with van der Waals surface area (Å²) in [6.07, 6.45) is 0.622. The van der Waals surface area contributed by atoms with Crippen LogP contribution in [-0.2, 0) is 9.53 Å². The van der Waals surface area contributed by atoms with Crippen molar-refractivity contribution in [3.05, 3.63) is 64.5 Å². The van der Waals surface area contributed by atoms with E-state index in [9.17, 15) is 14.4 Å². The first-order chi connectivity index (χ1) is 16.0. The minimum absolute atomic E-state index is 0.106. The number of carbonyl (C=O) groups is 2. The van der Waals surface area contributed by atoms with E-state index in [1.54, 1.807) is 37.4 Å². The second-order valence-corrected chi connectivity index (χ2v) is 6.89. The Labute approximate surface area is 190 Å². The first-order valence-corrected chi connectivity index (χ1v) is 10.4. The Morgan fingerprint density at radius 2 is 1.79 bits per heavy atom. The highest BCUT2D eigenvalue weighted by molar-refractivity contribution is 5.96. The molecule has 0 saturated carbocycles. The van der Waals surface area contributed by atoms with Crippen molar-refractivity contribution < 1.29 is 33.0 Å². The molecule has 3 aromatic rings. The van der Waals surface area contributed by atoms with Crippen molar-refractivity contribution in [2.24, 2.45) is 0 Å². The van der Waals surface area contributed by atoms with E-state index < -0.39 is 17.5 Å². The van der Waals surface area contributed by atoms with Crippen LogP contribution >= 0.6 is 0 Å². The molecule has 0 spiro atoms. The molecule has 33 heavy (non-hydrogen) atoms. The summed E-state index contributed by atoms with van der Waals surface area (Å²) in [5.74, 6) is -0.0430. The lowest BCUT2D eigenvalue weighted by molar-refractivity contribution is -0.136. The number of carbonyl (C=O) groups excluding carboxylic acids is 2. The summed E-state index contributed by atoms with van der Waals surface area (Å²) in [6.45, 7) is 2.84. The van der Waals surface area contributed by atoms with E-state index in [0.29, 0.717) is 43.1 Å². The van der Waals surface area contributed by atoms with Crippen LogP contribution in [0.15, 0.2) is 57.7 Å². The van der Waals surface area contributed by atoms with Crippen molar-refractivity contribution in [3.63, 3.8) is 0 Å². The van der Waals surface area contributed by atoms with Crippen LogP contribution in [0.5, 0.6) is 17.2 Å². The summed E-state index contributed by atoms with van der Waals surface area (Å²) in [7, 11) is 1.57.